The van der Waals surface area contributed by atoms with E-state index < -0.39 is 12.7 Å². The van der Waals surface area contributed by atoms with Crippen molar-refractivity contribution in [1.29, 1.82) is 5.26 Å². The predicted octanol–water partition coefficient (Wildman–Crippen LogP) is 3.26. The Morgan fingerprint density at radius 1 is 1.35 bits per heavy atom. The average Bonchev–Trinajstić information content (AvgIpc) is 2.24. The number of hydrogen-bond donors (Lipinski definition) is 0. The monoisotopic (exact) mass is 242 g/mol. The van der Waals surface area contributed by atoms with Crippen LogP contribution in [-0.4, -0.2) is 19.3 Å². The standard InChI is InChI=1S/C12H13F3N2/c1-3-17(8-12(13,14)15)11-5-4-10(7-16)6-9(11)2/h4-6H,3,8H2,1-2H3. The molecule has 1 rings (SSSR count). The van der Waals surface area contributed by atoms with E-state index in [4.69, 9.17) is 5.26 Å². The van der Waals surface area contributed by atoms with E-state index in [9.17, 15) is 13.2 Å². The third-order valence-corrected chi connectivity index (χ3v) is 2.42. The molecule has 0 atom stereocenters. The van der Waals surface area contributed by atoms with Crippen LogP contribution in [0.15, 0.2) is 18.2 Å². The SMILES string of the molecule is CCN(CC(F)(F)F)c1ccc(C#N)cc1C. The number of aryl methyl sites for hydroxylation is 1. The molecule has 0 fully saturated rings. The molecule has 0 radical (unpaired) electrons. The van der Waals surface area contributed by atoms with Gasteiger partial charge >= 0.3 is 6.18 Å². The fraction of sp³-hybridized carbons (Fsp3) is 0.417. The van der Waals surface area contributed by atoms with Gasteiger partial charge in [-0.15, -0.1) is 0 Å². The molecular weight excluding hydrogens is 229 g/mol. The van der Waals surface area contributed by atoms with Gasteiger partial charge in [-0.2, -0.15) is 18.4 Å². The highest BCUT2D eigenvalue weighted by Gasteiger charge is 2.30. The Hall–Kier alpha value is -1.70. The third kappa shape index (κ3) is 3.66. The summed E-state index contributed by atoms with van der Waals surface area (Å²) in [6.45, 7) is 2.67. The van der Waals surface area contributed by atoms with E-state index in [1.54, 1.807) is 26.0 Å². The van der Waals surface area contributed by atoms with Crippen LogP contribution in [0.4, 0.5) is 18.9 Å². The molecule has 0 spiro atoms. The largest absolute Gasteiger partial charge is 0.405 e. The maximum absolute atomic E-state index is 12.4. The third-order valence-electron chi connectivity index (χ3n) is 2.42. The normalized spacial score (nSPS) is 11.1. The highest BCUT2D eigenvalue weighted by Crippen LogP contribution is 2.25. The average molecular weight is 242 g/mol. The van der Waals surface area contributed by atoms with E-state index >= 15 is 0 Å². The molecule has 92 valence electrons. The van der Waals surface area contributed by atoms with Crippen LogP contribution in [0.3, 0.4) is 0 Å². The summed E-state index contributed by atoms with van der Waals surface area (Å²) in [6, 6.07) is 6.64. The second kappa shape index (κ2) is 5.09. The van der Waals surface area contributed by atoms with E-state index in [0.29, 0.717) is 16.8 Å². The smallest absolute Gasteiger partial charge is 0.363 e. The lowest BCUT2D eigenvalue weighted by Crippen LogP contribution is -2.34. The zero-order chi connectivity index (χ0) is 13.1. The van der Waals surface area contributed by atoms with Crippen LogP contribution >= 0.6 is 0 Å². The van der Waals surface area contributed by atoms with E-state index in [0.717, 1.165) is 0 Å². The van der Waals surface area contributed by atoms with Crippen molar-refractivity contribution < 1.29 is 13.2 Å². The Morgan fingerprint density at radius 3 is 2.41 bits per heavy atom. The summed E-state index contributed by atoms with van der Waals surface area (Å²) < 4.78 is 37.1. The van der Waals surface area contributed by atoms with Gasteiger partial charge in [0.2, 0.25) is 0 Å². The van der Waals surface area contributed by atoms with Crippen molar-refractivity contribution in [2.45, 2.75) is 20.0 Å². The second-order valence-corrected chi connectivity index (χ2v) is 3.74. The van der Waals surface area contributed by atoms with Crippen LogP contribution in [0.5, 0.6) is 0 Å². The van der Waals surface area contributed by atoms with Gasteiger partial charge in [0.15, 0.2) is 0 Å². The fourth-order valence-electron chi connectivity index (χ4n) is 1.66. The van der Waals surface area contributed by atoms with E-state index in [-0.39, 0.29) is 6.54 Å². The van der Waals surface area contributed by atoms with Gasteiger partial charge in [-0.1, -0.05) is 0 Å². The number of hydrogen-bond acceptors (Lipinski definition) is 2. The van der Waals surface area contributed by atoms with Crippen LogP contribution in [0.1, 0.15) is 18.1 Å². The van der Waals surface area contributed by atoms with Crippen molar-refractivity contribution in [1.82, 2.24) is 0 Å². The topological polar surface area (TPSA) is 27.0 Å². The number of alkyl halides is 3. The summed E-state index contributed by atoms with van der Waals surface area (Å²) in [7, 11) is 0. The number of benzene rings is 1. The number of rotatable bonds is 3. The van der Waals surface area contributed by atoms with Crippen LogP contribution in [0.2, 0.25) is 0 Å². The summed E-state index contributed by atoms with van der Waals surface area (Å²) in [6.07, 6.45) is -4.23. The van der Waals surface area contributed by atoms with Crippen molar-refractivity contribution in [2.75, 3.05) is 18.0 Å². The first-order valence-electron chi connectivity index (χ1n) is 5.20. The number of nitriles is 1. The van der Waals surface area contributed by atoms with Crippen molar-refractivity contribution in [2.24, 2.45) is 0 Å². The lowest BCUT2D eigenvalue weighted by molar-refractivity contribution is -0.119. The Morgan fingerprint density at radius 2 is 2.00 bits per heavy atom. The molecule has 0 saturated heterocycles. The molecule has 0 aromatic heterocycles. The predicted molar refractivity (Wildman–Crippen MR) is 59.8 cm³/mol. The zero-order valence-corrected chi connectivity index (χ0v) is 9.67. The Kier molecular flexibility index (Phi) is 4.00. The molecular formula is C12H13F3N2. The van der Waals surface area contributed by atoms with Gasteiger partial charge in [0.25, 0.3) is 0 Å². The lowest BCUT2D eigenvalue weighted by Gasteiger charge is -2.26. The first-order valence-corrected chi connectivity index (χ1v) is 5.20. The zero-order valence-electron chi connectivity index (χ0n) is 9.67. The molecule has 17 heavy (non-hydrogen) atoms. The quantitative estimate of drug-likeness (QED) is 0.813. The molecule has 2 nitrogen and oxygen atoms in total. The molecule has 0 heterocycles. The van der Waals surface area contributed by atoms with Gasteiger partial charge in [-0.25, -0.2) is 0 Å². The number of nitrogens with zero attached hydrogens (tertiary/aromatic N) is 2. The minimum Gasteiger partial charge on any atom is -0.363 e. The molecule has 0 amide bonds. The molecule has 0 N–H and O–H groups in total. The summed E-state index contributed by atoms with van der Waals surface area (Å²) in [5.41, 5.74) is 1.65. The molecule has 0 aliphatic rings. The first kappa shape index (κ1) is 13.4. The summed E-state index contributed by atoms with van der Waals surface area (Å²) in [4.78, 5) is 1.25. The van der Waals surface area contributed by atoms with Crippen LogP contribution in [-0.2, 0) is 0 Å². The highest BCUT2D eigenvalue weighted by atomic mass is 19.4. The van der Waals surface area contributed by atoms with Crippen LogP contribution in [0.25, 0.3) is 0 Å². The molecule has 1 aromatic carbocycles. The van der Waals surface area contributed by atoms with Crippen molar-refractivity contribution in [3.8, 4) is 6.07 Å². The molecule has 0 aliphatic heterocycles. The van der Waals surface area contributed by atoms with E-state index in [1.807, 2.05) is 6.07 Å². The lowest BCUT2D eigenvalue weighted by atomic mass is 10.1. The summed E-state index contributed by atoms with van der Waals surface area (Å²) in [5, 5.41) is 8.69. The molecule has 1 aromatic rings. The first-order chi connectivity index (χ1) is 7.87. The Bertz CT molecular complexity index is 432. The van der Waals surface area contributed by atoms with Crippen LogP contribution < -0.4 is 4.90 Å². The number of halogens is 3. The Balaban J connectivity index is 3.01. The minimum atomic E-state index is -4.23. The minimum absolute atomic E-state index is 0.270. The fourth-order valence-corrected chi connectivity index (χ4v) is 1.66. The van der Waals surface area contributed by atoms with Gasteiger partial charge in [0.05, 0.1) is 11.6 Å². The molecule has 0 saturated carbocycles. The van der Waals surface area contributed by atoms with E-state index in [1.165, 1.54) is 11.0 Å². The molecule has 0 unspecified atom stereocenters. The summed E-state index contributed by atoms with van der Waals surface area (Å²) >= 11 is 0. The van der Waals surface area contributed by atoms with Crippen LogP contribution in [0, 0.1) is 18.3 Å². The molecule has 0 bridgehead atoms. The Labute approximate surface area is 98.3 Å². The van der Waals surface area contributed by atoms with Crippen molar-refractivity contribution in [3.63, 3.8) is 0 Å². The van der Waals surface area contributed by atoms with Gasteiger partial charge in [-0.05, 0) is 37.6 Å². The highest BCUT2D eigenvalue weighted by molar-refractivity contribution is 5.56. The van der Waals surface area contributed by atoms with Gasteiger partial charge < -0.3 is 4.90 Å². The number of anilines is 1. The van der Waals surface area contributed by atoms with Gasteiger partial charge in [0, 0.05) is 12.2 Å². The summed E-state index contributed by atoms with van der Waals surface area (Å²) in [5.74, 6) is 0. The maximum Gasteiger partial charge on any atom is 0.405 e. The molecule has 0 aliphatic carbocycles. The molecule has 5 heteroatoms. The maximum atomic E-state index is 12.4. The second-order valence-electron chi connectivity index (χ2n) is 3.74. The van der Waals surface area contributed by atoms with E-state index in [2.05, 4.69) is 0 Å². The van der Waals surface area contributed by atoms with Crippen molar-refractivity contribution in [3.05, 3.63) is 29.3 Å². The van der Waals surface area contributed by atoms with Gasteiger partial charge in [0.1, 0.15) is 6.54 Å². The van der Waals surface area contributed by atoms with Crippen molar-refractivity contribution >= 4 is 5.69 Å². The van der Waals surface area contributed by atoms with Gasteiger partial charge in [-0.3, -0.25) is 0 Å².